The van der Waals surface area contributed by atoms with Crippen molar-refractivity contribution in [2.75, 3.05) is 22.5 Å². The maximum atomic E-state index is 13.4. The summed E-state index contributed by atoms with van der Waals surface area (Å²) in [4.78, 5) is 24.0. The molecule has 0 aliphatic carbocycles. The first-order valence-corrected chi connectivity index (χ1v) is 12.1. The number of halogens is 1. The highest BCUT2D eigenvalue weighted by Crippen LogP contribution is 2.27. The Kier molecular flexibility index (Phi) is 7.52. The van der Waals surface area contributed by atoms with Crippen molar-refractivity contribution in [3.05, 3.63) is 89.2 Å². The van der Waals surface area contributed by atoms with Crippen LogP contribution in [-0.4, -0.2) is 33.1 Å². The topological polar surface area (TPSA) is 119 Å². The van der Waals surface area contributed by atoms with Crippen molar-refractivity contribution in [2.24, 2.45) is 5.73 Å². The lowest BCUT2D eigenvalue weighted by molar-refractivity contribution is 0.0998. The number of ether oxygens (including phenoxy) is 1. The molecule has 0 heterocycles. The van der Waals surface area contributed by atoms with E-state index in [9.17, 15) is 22.4 Å². The molecule has 3 N–H and O–H groups in total. The molecule has 0 aliphatic heterocycles. The second-order valence-electron chi connectivity index (χ2n) is 7.40. The minimum Gasteiger partial charge on any atom is -0.494 e. The molecule has 2 amide bonds. The van der Waals surface area contributed by atoms with E-state index in [1.54, 1.807) is 37.3 Å². The summed E-state index contributed by atoms with van der Waals surface area (Å²) >= 11 is 0. The number of sulfonamides is 1. The van der Waals surface area contributed by atoms with Crippen LogP contribution in [0, 0.1) is 5.82 Å². The number of hydrogen-bond acceptors (Lipinski definition) is 5. The van der Waals surface area contributed by atoms with Crippen LogP contribution in [0.15, 0.2) is 66.7 Å². The van der Waals surface area contributed by atoms with Crippen molar-refractivity contribution in [1.82, 2.24) is 0 Å². The minimum absolute atomic E-state index is 0.131. The van der Waals surface area contributed by atoms with Crippen molar-refractivity contribution in [2.45, 2.75) is 13.5 Å². The smallest absolute Gasteiger partial charge is 0.255 e. The molecular formula is C24H24FN3O5S. The van der Waals surface area contributed by atoms with Crippen molar-refractivity contribution in [3.63, 3.8) is 0 Å². The molecule has 0 radical (unpaired) electrons. The number of carbonyl (C=O) groups is 2. The van der Waals surface area contributed by atoms with Gasteiger partial charge < -0.3 is 15.8 Å². The van der Waals surface area contributed by atoms with Crippen molar-refractivity contribution >= 4 is 33.2 Å². The number of nitrogens with zero attached hydrogens (tertiary/aromatic N) is 1. The molecule has 0 aliphatic rings. The number of benzene rings is 3. The summed E-state index contributed by atoms with van der Waals surface area (Å²) in [5, 5.41) is 2.72. The van der Waals surface area contributed by atoms with E-state index in [1.807, 2.05) is 0 Å². The molecular weight excluding hydrogens is 461 g/mol. The summed E-state index contributed by atoms with van der Waals surface area (Å²) in [5.74, 6) is -1.09. The van der Waals surface area contributed by atoms with Crippen LogP contribution in [0.3, 0.4) is 0 Å². The zero-order valence-corrected chi connectivity index (χ0v) is 19.4. The average Bonchev–Trinajstić information content (AvgIpc) is 2.79. The van der Waals surface area contributed by atoms with Crippen LogP contribution in [0.25, 0.3) is 0 Å². The zero-order chi connectivity index (χ0) is 24.9. The van der Waals surface area contributed by atoms with E-state index in [4.69, 9.17) is 10.5 Å². The number of amides is 2. The fourth-order valence-electron chi connectivity index (χ4n) is 3.22. The Hall–Kier alpha value is -3.92. The van der Waals surface area contributed by atoms with Crippen LogP contribution in [-0.2, 0) is 16.6 Å². The lowest BCUT2D eigenvalue weighted by Gasteiger charge is -2.24. The molecule has 0 unspecified atom stereocenters. The number of nitrogens with one attached hydrogen (secondary N) is 1. The molecule has 178 valence electrons. The van der Waals surface area contributed by atoms with Gasteiger partial charge in [-0.05, 0) is 73.7 Å². The summed E-state index contributed by atoms with van der Waals surface area (Å²) in [7, 11) is -3.74. The monoisotopic (exact) mass is 485 g/mol. The molecule has 0 spiro atoms. The molecule has 34 heavy (non-hydrogen) atoms. The maximum absolute atomic E-state index is 13.4. The van der Waals surface area contributed by atoms with Gasteiger partial charge in [-0.2, -0.15) is 0 Å². The number of anilines is 2. The number of carbonyl (C=O) groups excluding carboxylic acids is 2. The van der Waals surface area contributed by atoms with Gasteiger partial charge in [-0.3, -0.25) is 13.9 Å². The standard InChI is InChI=1S/C24H24FN3O5S/c1-3-33-22-13-6-17(24(30)27-20-9-4-16(5-10-20)23(26)29)14-18(22)15-28(34(2,31)32)21-11-7-19(25)8-12-21/h4-14H,3,15H2,1-2H3,(H2,26,29)(H,27,30). The van der Waals surface area contributed by atoms with E-state index in [1.165, 1.54) is 36.4 Å². The first kappa shape index (κ1) is 24.7. The van der Waals surface area contributed by atoms with Gasteiger partial charge in [-0.15, -0.1) is 0 Å². The van der Waals surface area contributed by atoms with Gasteiger partial charge in [0.2, 0.25) is 15.9 Å². The first-order valence-electron chi connectivity index (χ1n) is 10.3. The van der Waals surface area contributed by atoms with Crippen molar-refractivity contribution in [1.29, 1.82) is 0 Å². The molecule has 0 bridgehead atoms. The van der Waals surface area contributed by atoms with Crippen LogP contribution >= 0.6 is 0 Å². The van der Waals surface area contributed by atoms with E-state index in [0.717, 1.165) is 10.6 Å². The Bertz CT molecular complexity index is 1290. The first-order chi connectivity index (χ1) is 16.1. The number of hydrogen-bond donors (Lipinski definition) is 2. The largest absolute Gasteiger partial charge is 0.494 e. The van der Waals surface area contributed by atoms with E-state index in [-0.39, 0.29) is 17.8 Å². The van der Waals surface area contributed by atoms with Gasteiger partial charge in [-0.1, -0.05) is 0 Å². The molecule has 3 aromatic carbocycles. The third-order valence-corrected chi connectivity index (χ3v) is 6.02. The highest BCUT2D eigenvalue weighted by molar-refractivity contribution is 7.92. The third-order valence-electron chi connectivity index (χ3n) is 4.88. The van der Waals surface area contributed by atoms with Crippen LogP contribution in [0.5, 0.6) is 5.75 Å². The molecule has 0 fully saturated rings. The summed E-state index contributed by atoms with van der Waals surface area (Å²) in [6.07, 6.45) is 1.04. The molecule has 0 aromatic heterocycles. The Morgan fingerprint density at radius 3 is 2.18 bits per heavy atom. The molecule has 8 nitrogen and oxygen atoms in total. The average molecular weight is 486 g/mol. The van der Waals surface area contributed by atoms with Crippen LogP contribution in [0.1, 0.15) is 33.2 Å². The second kappa shape index (κ2) is 10.3. The van der Waals surface area contributed by atoms with Crippen LogP contribution < -0.4 is 20.1 Å². The Labute approximate surface area is 197 Å². The SMILES string of the molecule is CCOc1ccc(C(=O)Nc2ccc(C(N)=O)cc2)cc1CN(c1ccc(F)cc1)S(C)(=O)=O. The lowest BCUT2D eigenvalue weighted by Crippen LogP contribution is -2.29. The fraction of sp³-hybridized carbons (Fsp3) is 0.167. The van der Waals surface area contributed by atoms with Gasteiger partial charge in [0, 0.05) is 22.4 Å². The second-order valence-corrected chi connectivity index (χ2v) is 9.30. The van der Waals surface area contributed by atoms with Gasteiger partial charge in [0.15, 0.2) is 0 Å². The molecule has 3 rings (SSSR count). The summed E-state index contributed by atoms with van der Waals surface area (Å²) in [6.45, 7) is 1.99. The van der Waals surface area contributed by atoms with E-state index >= 15 is 0 Å². The van der Waals surface area contributed by atoms with Crippen molar-refractivity contribution < 1.29 is 27.1 Å². The molecule has 0 saturated heterocycles. The fourth-order valence-corrected chi connectivity index (χ4v) is 4.10. The normalized spacial score (nSPS) is 11.0. The van der Waals surface area contributed by atoms with Gasteiger partial charge in [0.1, 0.15) is 11.6 Å². The number of primary amides is 1. The van der Waals surface area contributed by atoms with Crippen LogP contribution in [0.2, 0.25) is 0 Å². The third kappa shape index (κ3) is 6.10. The minimum atomic E-state index is -3.74. The van der Waals surface area contributed by atoms with Gasteiger partial charge in [0.05, 0.1) is 25.1 Å². The highest BCUT2D eigenvalue weighted by Gasteiger charge is 2.21. The number of nitrogens with two attached hydrogens (primary N) is 1. The summed E-state index contributed by atoms with van der Waals surface area (Å²) < 4.78 is 45.1. The molecule has 3 aromatic rings. The quantitative estimate of drug-likeness (QED) is 0.481. The van der Waals surface area contributed by atoms with E-state index in [2.05, 4.69) is 5.32 Å². The Morgan fingerprint density at radius 1 is 1.00 bits per heavy atom. The van der Waals surface area contributed by atoms with Gasteiger partial charge in [0.25, 0.3) is 5.91 Å². The summed E-state index contributed by atoms with van der Waals surface area (Å²) in [5.41, 5.74) is 6.98. The maximum Gasteiger partial charge on any atom is 0.255 e. The van der Waals surface area contributed by atoms with Crippen LogP contribution in [0.4, 0.5) is 15.8 Å². The van der Waals surface area contributed by atoms with Crippen molar-refractivity contribution in [3.8, 4) is 5.75 Å². The zero-order valence-electron chi connectivity index (χ0n) is 18.6. The lowest BCUT2D eigenvalue weighted by atomic mass is 10.1. The van der Waals surface area contributed by atoms with Gasteiger partial charge >= 0.3 is 0 Å². The van der Waals surface area contributed by atoms with Gasteiger partial charge in [-0.25, -0.2) is 12.8 Å². The van der Waals surface area contributed by atoms with E-state index < -0.39 is 27.7 Å². The Morgan fingerprint density at radius 2 is 1.62 bits per heavy atom. The summed E-state index contributed by atoms with van der Waals surface area (Å²) in [6, 6.07) is 15.9. The highest BCUT2D eigenvalue weighted by atomic mass is 32.2. The predicted molar refractivity (Wildman–Crippen MR) is 128 cm³/mol. The van der Waals surface area contributed by atoms with E-state index in [0.29, 0.717) is 29.2 Å². The number of rotatable bonds is 9. The molecule has 0 saturated carbocycles. The predicted octanol–water partition coefficient (Wildman–Crippen LogP) is 3.54. The Balaban J connectivity index is 1.92. The molecule has 0 atom stereocenters. The molecule has 10 heteroatoms.